The number of hydrogen-bond acceptors (Lipinski definition) is 5. The minimum Gasteiger partial charge on any atom is -0.497 e. The number of anilines is 3. The lowest BCUT2D eigenvalue weighted by Gasteiger charge is -2.23. The third kappa shape index (κ3) is 3.33. The Morgan fingerprint density at radius 1 is 1.07 bits per heavy atom. The Balaban J connectivity index is 1.51. The van der Waals surface area contributed by atoms with Crippen LogP contribution in [0.3, 0.4) is 0 Å². The fraction of sp³-hybridized carbons (Fsp3) is 0.190. The van der Waals surface area contributed by atoms with Gasteiger partial charge in [0, 0.05) is 17.4 Å². The van der Waals surface area contributed by atoms with Crippen LogP contribution in [0.15, 0.2) is 60.7 Å². The molecule has 2 aromatic carbocycles. The maximum atomic E-state index is 12.4. The number of nitrogens with zero attached hydrogens (tertiary/aromatic N) is 3. The van der Waals surface area contributed by atoms with E-state index in [0.29, 0.717) is 11.7 Å². The van der Waals surface area contributed by atoms with Crippen molar-refractivity contribution in [1.29, 1.82) is 0 Å². The molecule has 1 N–H and O–H groups in total. The summed E-state index contributed by atoms with van der Waals surface area (Å²) in [4.78, 5) is 14.6. The Hall–Kier alpha value is -3.41. The molecule has 6 heteroatoms. The average Bonchev–Trinajstić information content (AvgIpc) is 3.04. The van der Waals surface area contributed by atoms with Crippen molar-refractivity contribution in [1.82, 2.24) is 10.2 Å². The van der Waals surface area contributed by atoms with Crippen molar-refractivity contribution in [3.63, 3.8) is 0 Å². The smallest absolute Gasteiger partial charge is 0.276 e. The van der Waals surface area contributed by atoms with E-state index in [4.69, 9.17) is 4.74 Å². The van der Waals surface area contributed by atoms with Crippen molar-refractivity contribution in [3.05, 3.63) is 71.9 Å². The summed E-state index contributed by atoms with van der Waals surface area (Å²) in [5.41, 5.74) is 3.39. The minimum atomic E-state index is -0.297. The first-order chi connectivity index (χ1) is 13.2. The molecule has 1 amide bonds. The van der Waals surface area contributed by atoms with Gasteiger partial charge in [-0.2, -0.15) is 0 Å². The summed E-state index contributed by atoms with van der Waals surface area (Å²) in [5.74, 6) is 1.18. The first kappa shape index (κ1) is 17.0. The molecule has 2 heterocycles. The van der Waals surface area contributed by atoms with E-state index in [1.165, 1.54) is 5.56 Å². The van der Waals surface area contributed by atoms with Crippen molar-refractivity contribution in [2.75, 3.05) is 17.3 Å². The van der Waals surface area contributed by atoms with E-state index in [-0.39, 0.29) is 11.6 Å². The molecule has 27 heavy (non-hydrogen) atoms. The number of nitrogens with one attached hydrogen (secondary N) is 1. The largest absolute Gasteiger partial charge is 0.497 e. The number of para-hydroxylation sites is 1. The zero-order chi connectivity index (χ0) is 18.8. The molecule has 1 aliphatic heterocycles. The minimum absolute atomic E-state index is 0.273. The highest BCUT2D eigenvalue weighted by atomic mass is 16.5. The van der Waals surface area contributed by atoms with Crippen LogP contribution in [-0.4, -0.2) is 29.3 Å². The predicted octanol–water partition coefficient (Wildman–Crippen LogP) is 3.82. The molecule has 3 aromatic rings. The highest BCUT2D eigenvalue weighted by Crippen LogP contribution is 2.36. The molecule has 4 rings (SSSR count). The van der Waals surface area contributed by atoms with E-state index >= 15 is 0 Å². The van der Waals surface area contributed by atoms with Gasteiger partial charge in [-0.25, -0.2) is 0 Å². The number of benzene rings is 2. The van der Waals surface area contributed by atoms with E-state index < -0.39 is 0 Å². The van der Waals surface area contributed by atoms with Crippen LogP contribution in [-0.2, 0) is 6.42 Å². The Morgan fingerprint density at radius 3 is 2.56 bits per heavy atom. The standard InChI is InChI=1S/C21H20N4O2/c1-14-13-15-5-3-4-6-19(15)25(14)20-12-11-18(23-24-20)21(26)22-16-7-9-17(27-2)10-8-16/h3-12,14H,13H2,1-2H3,(H,22,26). The molecule has 1 unspecified atom stereocenters. The highest BCUT2D eigenvalue weighted by Gasteiger charge is 2.28. The molecule has 1 atom stereocenters. The molecule has 136 valence electrons. The van der Waals surface area contributed by atoms with E-state index in [9.17, 15) is 4.79 Å². The fourth-order valence-corrected chi connectivity index (χ4v) is 3.36. The number of carbonyl (C=O) groups excluding carboxylic acids is 1. The number of ether oxygens (including phenoxy) is 1. The summed E-state index contributed by atoms with van der Waals surface area (Å²) < 4.78 is 5.11. The van der Waals surface area contributed by atoms with Gasteiger partial charge in [-0.05, 0) is 61.4 Å². The van der Waals surface area contributed by atoms with Crippen LogP contribution in [0, 0.1) is 0 Å². The Morgan fingerprint density at radius 2 is 1.85 bits per heavy atom. The quantitative estimate of drug-likeness (QED) is 0.766. The van der Waals surface area contributed by atoms with Gasteiger partial charge in [0.1, 0.15) is 5.75 Å². The molecule has 0 spiro atoms. The second kappa shape index (κ2) is 7.07. The maximum absolute atomic E-state index is 12.4. The molecular weight excluding hydrogens is 340 g/mol. The Labute approximate surface area is 157 Å². The van der Waals surface area contributed by atoms with Crippen LogP contribution < -0.4 is 15.0 Å². The topological polar surface area (TPSA) is 67.3 Å². The van der Waals surface area contributed by atoms with Gasteiger partial charge in [-0.3, -0.25) is 4.79 Å². The molecule has 0 bridgehead atoms. The zero-order valence-corrected chi connectivity index (χ0v) is 15.2. The summed E-state index contributed by atoms with van der Waals surface area (Å²) in [6, 6.07) is 19.3. The number of hydrogen-bond donors (Lipinski definition) is 1. The SMILES string of the molecule is COc1ccc(NC(=O)c2ccc(N3c4ccccc4CC3C)nn2)cc1. The summed E-state index contributed by atoms with van der Waals surface area (Å²) in [7, 11) is 1.60. The fourth-order valence-electron chi connectivity index (χ4n) is 3.36. The van der Waals surface area contributed by atoms with Gasteiger partial charge in [0.15, 0.2) is 11.5 Å². The van der Waals surface area contributed by atoms with Gasteiger partial charge in [-0.1, -0.05) is 18.2 Å². The van der Waals surface area contributed by atoms with Crippen molar-refractivity contribution in [3.8, 4) is 5.75 Å². The first-order valence-corrected chi connectivity index (χ1v) is 8.82. The summed E-state index contributed by atoms with van der Waals surface area (Å²) in [6.07, 6.45) is 0.970. The van der Waals surface area contributed by atoms with Crippen LogP contribution in [0.25, 0.3) is 0 Å². The molecule has 0 saturated carbocycles. The third-order valence-corrected chi connectivity index (χ3v) is 4.69. The lowest BCUT2D eigenvalue weighted by molar-refractivity contribution is 0.102. The van der Waals surface area contributed by atoms with Gasteiger partial charge >= 0.3 is 0 Å². The number of amides is 1. The van der Waals surface area contributed by atoms with E-state index in [1.807, 2.05) is 18.2 Å². The molecule has 0 aliphatic carbocycles. The van der Waals surface area contributed by atoms with Crippen LogP contribution in [0.4, 0.5) is 17.2 Å². The van der Waals surface area contributed by atoms with Gasteiger partial charge in [0.05, 0.1) is 7.11 Å². The number of fused-ring (bicyclic) bond motifs is 1. The molecule has 6 nitrogen and oxygen atoms in total. The third-order valence-electron chi connectivity index (χ3n) is 4.69. The van der Waals surface area contributed by atoms with E-state index in [1.54, 1.807) is 37.4 Å². The molecule has 1 aliphatic rings. The van der Waals surface area contributed by atoms with Gasteiger partial charge < -0.3 is 15.0 Å². The Kier molecular flexibility index (Phi) is 4.46. The lowest BCUT2D eigenvalue weighted by atomic mass is 10.1. The van der Waals surface area contributed by atoms with E-state index in [2.05, 4.69) is 39.5 Å². The van der Waals surface area contributed by atoms with Crippen LogP contribution in [0.2, 0.25) is 0 Å². The second-order valence-electron chi connectivity index (χ2n) is 6.51. The molecule has 0 saturated heterocycles. The Bertz CT molecular complexity index is 955. The van der Waals surface area contributed by atoms with Crippen LogP contribution in [0.1, 0.15) is 23.0 Å². The van der Waals surface area contributed by atoms with Crippen molar-refractivity contribution in [2.24, 2.45) is 0 Å². The van der Waals surface area contributed by atoms with E-state index in [0.717, 1.165) is 23.7 Å². The lowest BCUT2D eigenvalue weighted by Crippen LogP contribution is -2.25. The number of aromatic nitrogens is 2. The van der Waals surface area contributed by atoms with Crippen LogP contribution in [0.5, 0.6) is 5.75 Å². The van der Waals surface area contributed by atoms with Gasteiger partial charge in [0.25, 0.3) is 5.91 Å². The number of methoxy groups -OCH3 is 1. The number of carbonyl (C=O) groups is 1. The zero-order valence-electron chi connectivity index (χ0n) is 15.2. The molecular formula is C21H20N4O2. The van der Waals surface area contributed by atoms with Gasteiger partial charge in [0.2, 0.25) is 0 Å². The summed E-state index contributed by atoms with van der Waals surface area (Å²) in [5, 5.41) is 11.2. The highest BCUT2D eigenvalue weighted by molar-refractivity contribution is 6.02. The summed E-state index contributed by atoms with van der Waals surface area (Å²) in [6.45, 7) is 2.16. The van der Waals surface area contributed by atoms with Crippen molar-refractivity contribution < 1.29 is 9.53 Å². The predicted molar refractivity (Wildman–Crippen MR) is 105 cm³/mol. The monoisotopic (exact) mass is 360 g/mol. The summed E-state index contributed by atoms with van der Waals surface area (Å²) >= 11 is 0. The molecule has 0 fully saturated rings. The van der Waals surface area contributed by atoms with Crippen molar-refractivity contribution >= 4 is 23.1 Å². The van der Waals surface area contributed by atoms with Gasteiger partial charge in [-0.15, -0.1) is 10.2 Å². The number of rotatable bonds is 4. The average molecular weight is 360 g/mol. The molecule has 1 aromatic heterocycles. The normalized spacial score (nSPS) is 15.3. The maximum Gasteiger partial charge on any atom is 0.276 e. The molecule has 0 radical (unpaired) electrons. The van der Waals surface area contributed by atoms with Crippen molar-refractivity contribution in [2.45, 2.75) is 19.4 Å². The first-order valence-electron chi connectivity index (χ1n) is 8.82. The van der Waals surface area contributed by atoms with Crippen LogP contribution >= 0.6 is 0 Å². The second-order valence-corrected chi connectivity index (χ2v) is 6.51.